The number of Topliss-reactive ketones (excluding diaryl/α,β-unsaturated/α-hetero) is 1. The Hall–Kier alpha value is -0.740. The summed E-state index contributed by atoms with van der Waals surface area (Å²) in [5.74, 6) is 0.426. The molecule has 0 bridgehead atoms. The number of carbonyl (C=O) groups excluding carboxylic acids is 1. The fourth-order valence-corrected chi connectivity index (χ4v) is 3.31. The Morgan fingerprint density at radius 2 is 2.00 bits per heavy atom. The minimum atomic E-state index is 0.426. The lowest BCUT2D eigenvalue weighted by molar-refractivity contribution is -0.121. The first-order chi connectivity index (χ1) is 8.06. The van der Waals surface area contributed by atoms with Gasteiger partial charge in [-0.25, -0.2) is 4.98 Å². The summed E-state index contributed by atoms with van der Waals surface area (Å²) in [6, 6.07) is 0.553. The van der Waals surface area contributed by atoms with Crippen LogP contribution in [0.15, 0.2) is 0 Å². The molecule has 0 saturated heterocycles. The summed E-state index contributed by atoms with van der Waals surface area (Å²) in [5.41, 5.74) is 1.15. The smallest absolute Gasteiger partial charge is 0.133 e. The maximum absolute atomic E-state index is 11.2. The van der Waals surface area contributed by atoms with Gasteiger partial charge in [-0.05, 0) is 33.7 Å². The summed E-state index contributed by atoms with van der Waals surface area (Å²) in [6.07, 6.45) is 3.53. The van der Waals surface area contributed by atoms with Gasteiger partial charge in [-0.15, -0.1) is 11.3 Å². The molecule has 1 saturated carbocycles. The van der Waals surface area contributed by atoms with Crippen LogP contribution in [0.1, 0.15) is 41.3 Å². The third-order valence-corrected chi connectivity index (χ3v) is 4.65. The van der Waals surface area contributed by atoms with Crippen LogP contribution in [-0.4, -0.2) is 28.8 Å². The van der Waals surface area contributed by atoms with Gasteiger partial charge >= 0.3 is 0 Å². The molecular formula is C13H20N2OS. The highest BCUT2D eigenvalue weighted by molar-refractivity contribution is 7.11. The number of nitrogens with zero attached hydrogens (tertiary/aromatic N) is 2. The summed E-state index contributed by atoms with van der Waals surface area (Å²) >= 11 is 1.79. The number of aryl methyl sites for hydroxylation is 2. The lowest BCUT2D eigenvalue weighted by atomic mass is 9.93. The molecule has 0 amide bonds. The molecule has 0 atom stereocenters. The molecule has 17 heavy (non-hydrogen) atoms. The maximum atomic E-state index is 11.2. The molecule has 1 aromatic heterocycles. The van der Waals surface area contributed by atoms with Gasteiger partial charge in [0.2, 0.25) is 0 Å². The minimum absolute atomic E-state index is 0.426. The molecule has 0 radical (unpaired) electrons. The van der Waals surface area contributed by atoms with Crippen molar-refractivity contribution in [3.05, 3.63) is 15.6 Å². The fraction of sp³-hybridized carbons (Fsp3) is 0.692. The Bertz CT molecular complexity index is 384. The molecule has 94 valence electrons. The quantitative estimate of drug-likeness (QED) is 0.829. The zero-order valence-electron chi connectivity index (χ0n) is 10.8. The Balaban J connectivity index is 1.92. The van der Waals surface area contributed by atoms with Crippen molar-refractivity contribution in [2.75, 3.05) is 7.05 Å². The zero-order valence-corrected chi connectivity index (χ0v) is 11.6. The van der Waals surface area contributed by atoms with E-state index in [2.05, 4.69) is 30.8 Å². The molecule has 1 aliphatic carbocycles. The van der Waals surface area contributed by atoms with Crippen molar-refractivity contribution < 1.29 is 4.79 Å². The molecule has 3 nitrogen and oxygen atoms in total. The number of carbonyl (C=O) groups is 1. The van der Waals surface area contributed by atoms with Gasteiger partial charge in [0, 0.05) is 23.8 Å². The highest BCUT2D eigenvalue weighted by atomic mass is 32.1. The topological polar surface area (TPSA) is 33.2 Å². The molecule has 0 unspecified atom stereocenters. The van der Waals surface area contributed by atoms with Gasteiger partial charge in [0.1, 0.15) is 10.8 Å². The van der Waals surface area contributed by atoms with Crippen LogP contribution >= 0.6 is 11.3 Å². The van der Waals surface area contributed by atoms with Crippen LogP contribution in [0.3, 0.4) is 0 Å². The zero-order chi connectivity index (χ0) is 12.4. The predicted octanol–water partition coefficient (Wildman–Crippen LogP) is 2.70. The second-order valence-electron chi connectivity index (χ2n) is 4.93. The first kappa shape index (κ1) is 12.7. The van der Waals surface area contributed by atoms with E-state index in [4.69, 9.17) is 0 Å². The standard InChI is InChI=1S/C13H20N2OS/c1-9-10(2)17-13(14-9)8-15(3)11-4-6-12(16)7-5-11/h11H,4-8H2,1-3H3. The Labute approximate surface area is 107 Å². The Morgan fingerprint density at radius 1 is 1.35 bits per heavy atom. The van der Waals surface area contributed by atoms with E-state index in [0.717, 1.165) is 37.9 Å². The fourth-order valence-electron chi connectivity index (χ4n) is 2.31. The number of hydrogen-bond donors (Lipinski definition) is 0. The van der Waals surface area contributed by atoms with Gasteiger partial charge in [-0.2, -0.15) is 0 Å². The third kappa shape index (κ3) is 3.13. The van der Waals surface area contributed by atoms with Gasteiger partial charge in [0.25, 0.3) is 0 Å². The van der Waals surface area contributed by atoms with Crippen LogP contribution in [0.4, 0.5) is 0 Å². The molecule has 0 spiro atoms. The Morgan fingerprint density at radius 3 is 2.53 bits per heavy atom. The largest absolute Gasteiger partial charge is 0.300 e. The van der Waals surface area contributed by atoms with Gasteiger partial charge in [0.15, 0.2) is 0 Å². The van der Waals surface area contributed by atoms with Crippen LogP contribution in [0.5, 0.6) is 0 Å². The van der Waals surface area contributed by atoms with Crippen LogP contribution in [-0.2, 0) is 11.3 Å². The summed E-state index contributed by atoms with van der Waals surface area (Å²) < 4.78 is 0. The van der Waals surface area contributed by atoms with E-state index in [1.54, 1.807) is 11.3 Å². The number of aromatic nitrogens is 1. The average molecular weight is 252 g/mol. The lowest BCUT2D eigenvalue weighted by Crippen LogP contribution is -2.34. The molecular weight excluding hydrogens is 232 g/mol. The second-order valence-corrected chi connectivity index (χ2v) is 6.22. The maximum Gasteiger partial charge on any atom is 0.133 e. The van der Waals surface area contributed by atoms with Crippen molar-refractivity contribution in [3.8, 4) is 0 Å². The van der Waals surface area contributed by atoms with E-state index < -0.39 is 0 Å². The summed E-state index contributed by atoms with van der Waals surface area (Å²) in [4.78, 5) is 19.4. The molecule has 0 N–H and O–H groups in total. The van der Waals surface area contributed by atoms with Gasteiger partial charge < -0.3 is 0 Å². The lowest BCUT2D eigenvalue weighted by Gasteiger charge is -2.29. The summed E-state index contributed by atoms with van der Waals surface area (Å²) in [7, 11) is 2.15. The monoisotopic (exact) mass is 252 g/mol. The van der Waals surface area contributed by atoms with E-state index in [1.807, 2.05) is 0 Å². The second kappa shape index (κ2) is 5.27. The van der Waals surface area contributed by atoms with Crippen LogP contribution in [0, 0.1) is 13.8 Å². The van der Waals surface area contributed by atoms with E-state index in [-0.39, 0.29) is 0 Å². The highest BCUT2D eigenvalue weighted by Crippen LogP contribution is 2.23. The first-order valence-electron chi connectivity index (χ1n) is 6.21. The van der Waals surface area contributed by atoms with Gasteiger partial charge in [-0.3, -0.25) is 9.69 Å². The molecule has 1 aromatic rings. The van der Waals surface area contributed by atoms with Crippen molar-refractivity contribution in [1.29, 1.82) is 0 Å². The molecule has 0 aliphatic heterocycles. The van der Waals surface area contributed by atoms with Crippen LogP contribution in [0.25, 0.3) is 0 Å². The van der Waals surface area contributed by atoms with E-state index in [0.29, 0.717) is 11.8 Å². The van der Waals surface area contributed by atoms with Crippen molar-refractivity contribution in [3.63, 3.8) is 0 Å². The number of thiazole rings is 1. The third-order valence-electron chi connectivity index (χ3n) is 3.59. The predicted molar refractivity (Wildman–Crippen MR) is 70.3 cm³/mol. The van der Waals surface area contributed by atoms with Gasteiger partial charge in [0.05, 0.1) is 12.2 Å². The normalized spacial score (nSPS) is 18.0. The van der Waals surface area contributed by atoms with E-state index in [9.17, 15) is 4.79 Å². The molecule has 4 heteroatoms. The minimum Gasteiger partial charge on any atom is -0.300 e. The van der Waals surface area contributed by atoms with Crippen molar-refractivity contribution in [2.24, 2.45) is 0 Å². The average Bonchev–Trinajstić information content (AvgIpc) is 2.58. The molecule has 1 fully saturated rings. The molecule has 2 rings (SSSR count). The molecule has 1 heterocycles. The van der Waals surface area contributed by atoms with Crippen molar-refractivity contribution in [2.45, 2.75) is 52.1 Å². The first-order valence-corrected chi connectivity index (χ1v) is 7.02. The number of rotatable bonds is 3. The van der Waals surface area contributed by atoms with E-state index >= 15 is 0 Å². The number of ketones is 1. The number of hydrogen-bond acceptors (Lipinski definition) is 4. The molecule has 0 aromatic carbocycles. The van der Waals surface area contributed by atoms with E-state index in [1.165, 1.54) is 9.88 Å². The van der Waals surface area contributed by atoms with Crippen molar-refractivity contribution >= 4 is 17.1 Å². The van der Waals surface area contributed by atoms with Crippen molar-refractivity contribution in [1.82, 2.24) is 9.88 Å². The van der Waals surface area contributed by atoms with Crippen LogP contribution < -0.4 is 0 Å². The Kier molecular flexibility index (Phi) is 3.94. The SMILES string of the molecule is Cc1nc(CN(C)C2CCC(=O)CC2)sc1C. The summed E-state index contributed by atoms with van der Waals surface area (Å²) in [6.45, 7) is 5.10. The highest BCUT2D eigenvalue weighted by Gasteiger charge is 2.22. The van der Waals surface area contributed by atoms with Gasteiger partial charge in [-0.1, -0.05) is 0 Å². The molecule has 1 aliphatic rings. The summed E-state index contributed by atoms with van der Waals surface area (Å²) in [5, 5.41) is 1.19. The van der Waals surface area contributed by atoms with Crippen LogP contribution in [0.2, 0.25) is 0 Å².